The monoisotopic (exact) mass is 374 g/mol. The minimum atomic E-state index is -0.424. The van der Waals surface area contributed by atoms with Crippen LogP contribution < -0.4 is 10.6 Å². The van der Waals surface area contributed by atoms with Crippen LogP contribution >= 0.6 is 0 Å². The Morgan fingerprint density at radius 1 is 0.893 bits per heavy atom. The molecule has 2 amide bonds. The molecule has 0 aliphatic carbocycles. The normalized spacial score (nSPS) is 10.2. The molecule has 28 heavy (non-hydrogen) atoms. The summed E-state index contributed by atoms with van der Waals surface area (Å²) >= 11 is 0. The van der Waals surface area contributed by atoms with Crippen LogP contribution in [-0.4, -0.2) is 27.6 Å². The van der Waals surface area contributed by atoms with Crippen LogP contribution in [0.5, 0.6) is 0 Å². The maximum atomic E-state index is 12.5. The van der Waals surface area contributed by atoms with Crippen LogP contribution in [0.4, 0.5) is 5.69 Å². The van der Waals surface area contributed by atoms with Crippen molar-refractivity contribution < 1.29 is 14.4 Å². The van der Waals surface area contributed by atoms with Crippen molar-refractivity contribution in [3.63, 3.8) is 0 Å². The number of hydrogen-bond acceptors (Lipinski definition) is 5. The van der Waals surface area contributed by atoms with Crippen LogP contribution in [0.2, 0.25) is 0 Å². The molecule has 140 valence electrons. The highest BCUT2D eigenvalue weighted by Crippen LogP contribution is 2.13. The van der Waals surface area contributed by atoms with Crippen molar-refractivity contribution in [2.45, 2.75) is 13.5 Å². The Morgan fingerprint density at radius 3 is 2.39 bits per heavy atom. The number of pyridine rings is 2. The lowest BCUT2D eigenvalue weighted by molar-refractivity contribution is 0.0949. The van der Waals surface area contributed by atoms with Crippen molar-refractivity contribution in [2.75, 3.05) is 5.32 Å². The number of rotatable bonds is 6. The lowest BCUT2D eigenvalue weighted by Crippen LogP contribution is -2.24. The second-order valence-corrected chi connectivity index (χ2v) is 6.06. The van der Waals surface area contributed by atoms with Gasteiger partial charge in [0.25, 0.3) is 11.8 Å². The zero-order valence-electron chi connectivity index (χ0n) is 15.2. The minimum absolute atomic E-state index is 0.0932. The molecule has 0 atom stereocenters. The Morgan fingerprint density at radius 2 is 1.68 bits per heavy atom. The number of aromatic nitrogens is 2. The molecule has 0 saturated carbocycles. The van der Waals surface area contributed by atoms with E-state index < -0.39 is 5.91 Å². The summed E-state index contributed by atoms with van der Waals surface area (Å²) in [7, 11) is 0. The molecule has 2 N–H and O–H groups in total. The molecule has 1 aromatic carbocycles. The second-order valence-electron chi connectivity index (χ2n) is 6.06. The van der Waals surface area contributed by atoms with E-state index in [2.05, 4.69) is 20.6 Å². The maximum Gasteiger partial charge on any atom is 0.257 e. The fourth-order valence-electron chi connectivity index (χ4n) is 2.48. The largest absolute Gasteiger partial charge is 0.346 e. The summed E-state index contributed by atoms with van der Waals surface area (Å²) in [5, 5.41) is 5.44. The Labute approximate surface area is 161 Å². The molecule has 7 heteroatoms. The van der Waals surface area contributed by atoms with Crippen LogP contribution in [0.25, 0.3) is 0 Å². The van der Waals surface area contributed by atoms with Gasteiger partial charge in [-0.1, -0.05) is 18.2 Å². The van der Waals surface area contributed by atoms with Gasteiger partial charge >= 0.3 is 0 Å². The van der Waals surface area contributed by atoms with Gasteiger partial charge in [0.05, 0.1) is 23.4 Å². The molecule has 0 aliphatic rings. The van der Waals surface area contributed by atoms with Crippen LogP contribution in [0.3, 0.4) is 0 Å². The van der Waals surface area contributed by atoms with Crippen molar-refractivity contribution in [3.05, 3.63) is 89.5 Å². The third-order valence-electron chi connectivity index (χ3n) is 3.95. The molecule has 0 aliphatic heterocycles. The Bertz CT molecular complexity index is 1020. The van der Waals surface area contributed by atoms with Gasteiger partial charge in [-0.3, -0.25) is 24.4 Å². The number of ketones is 1. The number of nitrogens with one attached hydrogen (secondary N) is 2. The highest BCUT2D eigenvalue weighted by Gasteiger charge is 2.12. The van der Waals surface area contributed by atoms with Crippen LogP contribution in [0.15, 0.2) is 67.1 Å². The summed E-state index contributed by atoms with van der Waals surface area (Å²) in [6.45, 7) is 1.73. The molecule has 0 radical (unpaired) electrons. The number of anilines is 1. The molecule has 7 nitrogen and oxygen atoms in total. The molecule has 0 bridgehead atoms. The van der Waals surface area contributed by atoms with E-state index in [1.165, 1.54) is 25.4 Å². The predicted octanol–water partition coefficient (Wildman–Crippen LogP) is 2.86. The van der Waals surface area contributed by atoms with Crippen molar-refractivity contribution in [3.8, 4) is 0 Å². The van der Waals surface area contributed by atoms with Crippen molar-refractivity contribution in [2.24, 2.45) is 0 Å². The highest BCUT2D eigenvalue weighted by atomic mass is 16.2. The van der Waals surface area contributed by atoms with Gasteiger partial charge < -0.3 is 10.6 Å². The van der Waals surface area contributed by atoms with E-state index in [1.54, 1.807) is 42.6 Å². The van der Waals surface area contributed by atoms with E-state index in [9.17, 15) is 14.4 Å². The fourth-order valence-corrected chi connectivity index (χ4v) is 2.48. The van der Waals surface area contributed by atoms with Crippen LogP contribution in [0, 0.1) is 0 Å². The van der Waals surface area contributed by atoms with Gasteiger partial charge in [0.2, 0.25) is 0 Å². The molecule has 3 rings (SSSR count). The SMILES string of the molecule is CC(=O)c1cccc(NC(=O)c2cncc(C(=O)NCc3ccccn3)c2)c1. The lowest BCUT2D eigenvalue weighted by atomic mass is 10.1. The first-order chi connectivity index (χ1) is 13.5. The van der Waals surface area contributed by atoms with Gasteiger partial charge in [0.15, 0.2) is 5.78 Å². The number of carbonyl (C=O) groups is 3. The summed E-state index contributed by atoms with van der Waals surface area (Å²) < 4.78 is 0. The average Bonchev–Trinajstić information content (AvgIpc) is 2.73. The Hall–Kier alpha value is -3.87. The van der Waals surface area contributed by atoms with E-state index >= 15 is 0 Å². The minimum Gasteiger partial charge on any atom is -0.346 e. The standard InChI is InChI=1S/C21H18N4O3/c1-14(26)15-5-4-7-18(10-15)25-21(28)17-9-16(11-22-12-17)20(27)24-13-19-6-2-3-8-23-19/h2-12H,13H2,1H3,(H,24,27)(H,25,28). The maximum absolute atomic E-state index is 12.5. The molecule has 0 spiro atoms. The summed E-state index contributed by atoms with van der Waals surface area (Å²) in [6, 6.07) is 13.5. The summed E-state index contributed by atoms with van der Waals surface area (Å²) in [6.07, 6.45) is 4.41. The van der Waals surface area contributed by atoms with Crippen molar-refractivity contribution in [1.29, 1.82) is 0 Å². The van der Waals surface area contributed by atoms with E-state index in [4.69, 9.17) is 0 Å². The van der Waals surface area contributed by atoms with E-state index in [1.807, 2.05) is 6.07 Å². The van der Waals surface area contributed by atoms with E-state index in [-0.39, 0.29) is 29.4 Å². The smallest absolute Gasteiger partial charge is 0.257 e. The first kappa shape index (κ1) is 18.9. The topological polar surface area (TPSA) is 101 Å². The van der Waals surface area contributed by atoms with Gasteiger partial charge in [0, 0.05) is 29.8 Å². The average molecular weight is 374 g/mol. The first-order valence-corrected chi connectivity index (χ1v) is 8.58. The number of amides is 2. The molecular formula is C21H18N4O3. The number of benzene rings is 1. The summed E-state index contributed by atoms with van der Waals surface area (Å²) in [5.74, 6) is -0.872. The molecule has 0 unspecified atom stereocenters. The second kappa shape index (κ2) is 8.68. The van der Waals surface area contributed by atoms with Crippen LogP contribution in [-0.2, 0) is 6.54 Å². The van der Waals surface area contributed by atoms with E-state index in [0.717, 1.165) is 5.69 Å². The zero-order chi connectivity index (χ0) is 19.9. The molecular weight excluding hydrogens is 356 g/mol. The zero-order valence-corrected chi connectivity index (χ0v) is 15.2. The molecule has 2 heterocycles. The lowest BCUT2D eigenvalue weighted by Gasteiger charge is -2.08. The molecule has 2 aromatic heterocycles. The summed E-state index contributed by atoms with van der Waals surface area (Å²) in [5.41, 5.74) is 2.21. The highest BCUT2D eigenvalue weighted by molar-refractivity contribution is 6.06. The van der Waals surface area contributed by atoms with Crippen LogP contribution in [0.1, 0.15) is 43.7 Å². The molecule has 0 fully saturated rings. The van der Waals surface area contributed by atoms with Gasteiger partial charge in [-0.05, 0) is 37.3 Å². The van der Waals surface area contributed by atoms with Gasteiger partial charge in [-0.25, -0.2) is 0 Å². The third kappa shape index (κ3) is 4.85. The fraction of sp³-hybridized carbons (Fsp3) is 0.0952. The third-order valence-corrected chi connectivity index (χ3v) is 3.95. The van der Waals surface area contributed by atoms with Gasteiger partial charge in [-0.2, -0.15) is 0 Å². The number of carbonyl (C=O) groups excluding carboxylic acids is 3. The number of Topliss-reactive ketones (excluding diaryl/α,β-unsaturated/α-hetero) is 1. The first-order valence-electron chi connectivity index (χ1n) is 8.58. The number of nitrogens with zero attached hydrogens (tertiary/aromatic N) is 2. The molecule has 0 saturated heterocycles. The predicted molar refractivity (Wildman–Crippen MR) is 104 cm³/mol. The summed E-state index contributed by atoms with van der Waals surface area (Å²) in [4.78, 5) is 44.4. The van der Waals surface area contributed by atoms with E-state index in [0.29, 0.717) is 11.3 Å². The van der Waals surface area contributed by atoms with Crippen molar-refractivity contribution >= 4 is 23.3 Å². The Kier molecular flexibility index (Phi) is 5.86. The number of hydrogen-bond donors (Lipinski definition) is 2. The van der Waals surface area contributed by atoms with Gasteiger partial charge in [-0.15, -0.1) is 0 Å². The van der Waals surface area contributed by atoms with Crippen molar-refractivity contribution in [1.82, 2.24) is 15.3 Å². The Balaban J connectivity index is 1.68. The van der Waals surface area contributed by atoms with Gasteiger partial charge in [0.1, 0.15) is 0 Å². The quantitative estimate of drug-likeness (QED) is 0.646. The molecule has 3 aromatic rings.